The fourth-order valence-electron chi connectivity index (χ4n) is 4.85. The molecule has 3 aromatic carbocycles. The molecule has 0 saturated carbocycles. The zero-order valence-corrected chi connectivity index (χ0v) is 22.8. The summed E-state index contributed by atoms with van der Waals surface area (Å²) in [6, 6.07) is 24.1. The Morgan fingerprint density at radius 2 is 1.74 bits per heavy atom. The Morgan fingerprint density at radius 1 is 1.03 bits per heavy atom. The number of benzene rings is 3. The van der Waals surface area contributed by atoms with E-state index in [1.807, 2.05) is 55.5 Å². The molecule has 1 saturated heterocycles. The number of rotatable bonds is 11. The number of urea groups is 1. The van der Waals surface area contributed by atoms with Crippen molar-refractivity contribution in [1.82, 2.24) is 15.5 Å². The monoisotopic (exact) mass is 529 g/mol. The van der Waals surface area contributed by atoms with E-state index in [2.05, 4.69) is 59.5 Å². The summed E-state index contributed by atoms with van der Waals surface area (Å²) < 4.78 is 12.9. The van der Waals surface area contributed by atoms with E-state index in [4.69, 9.17) is 9.47 Å². The van der Waals surface area contributed by atoms with Crippen LogP contribution in [0.3, 0.4) is 0 Å². The summed E-state index contributed by atoms with van der Waals surface area (Å²) in [4.78, 5) is 14.1. The zero-order valence-electron chi connectivity index (χ0n) is 22.8. The Morgan fingerprint density at radius 3 is 2.44 bits per heavy atom. The first-order chi connectivity index (χ1) is 19.0. The highest BCUT2D eigenvalue weighted by atomic mass is 16.7. The molecule has 4 rings (SSSR count). The number of hydrogen-bond acceptors (Lipinski definition) is 5. The van der Waals surface area contributed by atoms with Gasteiger partial charge in [-0.2, -0.15) is 0 Å². The standard InChI is InChI=1S/C32H39N3O4/c1-4-18-35(3)21-28-19-30(25-12-10-23(22-36)11-13-25)39-31(38-28)26-16-14-24(15-17-26)29-9-7-6-8-27(29)20-34-32(37)33-5-2/h4,6-17,28,30-31,36H,1,5,18-22H2,2-3H3,(H2,33,34,37)/t28-,30+,31+/m1/s1. The number of amides is 2. The molecule has 1 heterocycles. The molecule has 206 valence electrons. The minimum Gasteiger partial charge on any atom is -0.392 e. The lowest BCUT2D eigenvalue weighted by molar-refractivity contribution is -0.252. The molecule has 7 nitrogen and oxygen atoms in total. The summed E-state index contributed by atoms with van der Waals surface area (Å²) in [5.74, 6) is 0. The molecule has 3 atom stereocenters. The van der Waals surface area contributed by atoms with Crippen molar-refractivity contribution in [1.29, 1.82) is 0 Å². The van der Waals surface area contributed by atoms with Gasteiger partial charge in [-0.25, -0.2) is 4.79 Å². The maximum atomic E-state index is 11.9. The summed E-state index contributed by atoms with van der Waals surface area (Å²) >= 11 is 0. The second-order valence-corrected chi connectivity index (χ2v) is 9.85. The van der Waals surface area contributed by atoms with E-state index in [9.17, 15) is 9.90 Å². The maximum absolute atomic E-state index is 11.9. The molecular weight excluding hydrogens is 490 g/mol. The molecule has 1 aliphatic rings. The molecule has 2 amide bonds. The van der Waals surface area contributed by atoms with Crippen molar-refractivity contribution in [3.63, 3.8) is 0 Å². The van der Waals surface area contributed by atoms with Crippen LogP contribution in [0.25, 0.3) is 11.1 Å². The molecule has 3 N–H and O–H groups in total. The fourth-order valence-corrected chi connectivity index (χ4v) is 4.85. The smallest absolute Gasteiger partial charge is 0.315 e. The summed E-state index contributed by atoms with van der Waals surface area (Å²) in [5.41, 5.74) is 6.06. The van der Waals surface area contributed by atoms with Gasteiger partial charge in [0.25, 0.3) is 0 Å². The largest absolute Gasteiger partial charge is 0.392 e. The van der Waals surface area contributed by atoms with Gasteiger partial charge in [-0.15, -0.1) is 6.58 Å². The predicted octanol–water partition coefficient (Wildman–Crippen LogP) is 5.33. The van der Waals surface area contributed by atoms with E-state index in [1.54, 1.807) is 0 Å². The molecule has 0 radical (unpaired) electrons. The van der Waals surface area contributed by atoms with Crippen LogP contribution >= 0.6 is 0 Å². The fraction of sp³-hybridized carbons (Fsp3) is 0.344. The molecule has 0 spiro atoms. The number of nitrogens with zero attached hydrogens (tertiary/aromatic N) is 1. The molecule has 0 aromatic heterocycles. The normalized spacial score (nSPS) is 19.0. The van der Waals surface area contributed by atoms with Gasteiger partial charge in [0.15, 0.2) is 6.29 Å². The number of hydrogen-bond donors (Lipinski definition) is 3. The third kappa shape index (κ3) is 7.77. The molecule has 1 aliphatic heterocycles. The average Bonchev–Trinajstić information content (AvgIpc) is 2.96. The first kappa shape index (κ1) is 28.5. The predicted molar refractivity (Wildman–Crippen MR) is 154 cm³/mol. The van der Waals surface area contributed by atoms with Gasteiger partial charge in [-0.05, 0) is 41.8 Å². The number of nitrogens with one attached hydrogen (secondary N) is 2. The van der Waals surface area contributed by atoms with Crippen molar-refractivity contribution in [2.45, 2.75) is 45.0 Å². The highest BCUT2D eigenvalue weighted by Gasteiger charge is 2.32. The highest BCUT2D eigenvalue weighted by molar-refractivity contribution is 5.74. The molecule has 1 fully saturated rings. The van der Waals surface area contributed by atoms with Crippen molar-refractivity contribution in [2.75, 3.05) is 26.7 Å². The van der Waals surface area contributed by atoms with Gasteiger partial charge in [-0.3, -0.25) is 0 Å². The van der Waals surface area contributed by atoms with Gasteiger partial charge in [0.1, 0.15) is 0 Å². The lowest BCUT2D eigenvalue weighted by atomic mass is 9.97. The minimum atomic E-state index is -0.507. The molecule has 0 bridgehead atoms. The van der Waals surface area contributed by atoms with Crippen molar-refractivity contribution < 1.29 is 19.4 Å². The Labute approximate surface area is 231 Å². The maximum Gasteiger partial charge on any atom is 0.315 e. The van der Waals surface area contributed by atoms with Crippen LogP contribution in [0.2, 0.25) is 0 Å². The summed E-state index contributed by atoms with van der Waals surface area (Å²) in [6.45, 7) is 8.33. The SMILES string of the molecule is C=CCN(C)C[C@H]1C[C@@H](c2ccc(CO)cc2)O[C@@H](c2ccc(-c3ccccc3CNC(=O)NCC)cc2)O1. The number of carbonyl (C=O) groups excluding carboxylic acids is 1. The molecule has 39 heavy (non-hydrogen) atoms. The van der Waals surface area contributed by atoms with Gasteiger partial charge in [0.2, 0.25) is 0 Å². The van der Waals surface area contributed by atoms with E-state index < -0.39 is 6.29 Å². The topological polar surface area (TPSA) is 83.1 Å². The van der Waals surface area contributed by atoms with Gasteiger partial charge >= 0.3 is 6.03 Å². The van der Waals surface area contributed by atoms with Gasteiger partial charge in [0.05, 0.1) is 18.8 Å². The summed E-state index contributed by atoms with van der Waals surface area (Å²) in [7, 11) is 2.06. The molecule has 3 aromatic rings. The van der Waals surface area contributed by atoms with Crippen molar-refractivity contribution >= 4 is 6.03 Å². The Kier molecular flexibility index (Phi) is 10.3. The van der Waals surface area contributed by atoms with Gasteiger partial charge in [-0.1, -0.05) is 78.9 Å². The zero-order chi connectivity index (χ0) is 27.6. The number of aliphatic hydroxyl groups is 1. The Balaban J connectivity index is 1.53. The van der Waals surface area contributed by atoms with Crippen LogP contribution in [-0.2, 0) is 22.6 Å². The van der Waals surface area contributed by atoms with Gasteiger partial charge in [0, 0.05) is 38.2 Å². The van der Waals surface area contributed by atoms with Crippen LogP contribution in [0, 0.1) is 0 Å². The van der Waals surface area contributed by atoms with Crippen molar-refractivity contribution in [3.05, 3.63) is 108 Å². The second-order valence-electron chi connectivity index (χ2n) is 9.85. The highest BCUT2D eigenvalue weighted by Crippen LogP contribution is 2.38. The van der Waals surface area contributed by atoms with Crippen molar-refractivity contribution in [2.24, 2.45) is 0 Å². The number of ether oxygens (including phenoxy) is 2. The summed E-state index contributed by atoms with van der Waals surface area (Å²) in [5, 5.41) is 15.1. The van der Waals surface area contributed by atoms with E-state index >= 15 is 0 Å². The van der Waals surface area contributed by atoms with E-state index in [0.717, 1.165) is 52.9 Å². The summed E-state index contributed by atoms with van der Waals surface area (Å²) in [6.07, 6.45) is 1.98. The number of aliphatic hydroxyl groups excluding tert-OH is 1. The van der Waals surface area contributed by atoms with Crippen LogP contribution in [0.5, 0.6) is 0 Å². The van der Waals surface area contributed by atoms with E-state index in [1.165, 1.54) is 0 Å². The second kappa shape index (κ2) is 14.1. The quantitative estimate of drug-likeness (QED) is 0.293. The lowest BCUT2D eigenvalue weighted by Gasteiger charge is -2.37. The van der Waals surface area contributed by atoms with E-state index in [0.29, 0.717) is 13.1 Å². The Bertz CT molecular complexity index is 1210. The van der Waals surface area contributed by atoms with Crippen LogP contribution in [0.1, 0.15) is 48.0 Å². The number of likely N-dealkylation sites (N-methyl/N-ethyl adjacent to an activating group) is 1. The first-order valence-electron chi connectivity index (χ1n) is 13.5. The third-order valence-electron chi connectivity index (χ3n) is 6.86. The molecular formula is C32H39N3O4. The first-order valence-corrected chi connectivity index (χ1v) is 13.5. The van der Waals surface area contributed by atoms with Crippen LogP contribution < -0.4 is 10.6 Å². The average molecular weight is 530 g/mol. The van der Waals surface area contributed by atoms with E-state index in [-0.39, 0.29) is 24.8 Å². The van der Waals surface area contributed by atoms with Crippen molar-refractivity contribution in [3.8, 4) is 11.1 Å². The number of carbonyl (C=O) groups is 1. The van der Waals surface area contributed by atoms with Crippen LogP contribution in [0.15, 0.2) is 85.5 Å². The molecule has 7 heteroatoms. The third-order valence-corrected chi connectivity index (χ3v) is 6.86. The molecule has 0 aliphatic carbocycles. The van der Waals surface area contributed by atoms with Gasteiger partial charge < -0.3 is 30.1 Å². The molecule has 0 unspecified atom stereocenters. The van der Waals surface area contributed by atoms with Crippen LogP contribution in [-0.4, -0.2) is 48.8 Å². The lowest BCUT2D eigenvalue weighted by Crippen LogP contribution is -2.37. The van der Waals surface area contributed by atoms with Crippen LogP contribution in [0.4, 0.5) is 4.79 Å². The minimum absolute atomic E-state index is 0.0167. The Hall–Kier alpha value is -3.49.